The van der Waals surface area contributed by atoms with Crippen molar-refractivity contribution >= 4 is 17.8 Å². The summed E-state index contributed by atoms with van der Waals surface area (Å²) in [6.07, 6.45) is 18.6. The number of rotatable bonds is 17. The molecule has 0 aromatic rings. The van der Waals surface area contributed by atoms with Gasteiger partial charge in [0.2, 0.25) is 0 Å². The highest BCUT2D eigenvalue weighted by Gasteiger charge is 2.49. The molecule has 6 heteroatoms. The lowest BCUT2D eigenvalue weighted by Crippen LogP contribution is -2.49. The number of carbonyl (C=O) groups is 3. The first kappa shape index (κ1) is 24.5. The molecule has 1 N–H and O–H groups in total. The standard InChI is InChI=1S/C22H37NO5/c24-20-17-18-21(25)23(20,28)19-15-13-11-9-7-5-3-1-2-4-6-8-10-12-14-16-22(26)27/h1-2,28H,3-19H2/b2-1-. The van der Waals surface area contributed by atoms with Crippen LogP contribution in [-0.4, -0.2) is 34.2 Å². The van der Waals surface area contributed by atoms with Gasteiger partial charge in [-0.2, -0.15) is 0 Å². The molecular formula is C22H37NO5. The molecule has 0 spiro atoms. The first-order chi connectivity index (χ1) is 13.5. The molecule has 1 saturated heterocycles. The van der Waals surface area contributed by atoms with Gasteiger partial charge in [0.05, 0.1) is 12.8 Å². The van der Waals surface area contributed by atoms with Gasteiger partial charge >= 0.3 is 11.8 Å². The number of hydrogen-bond donors (Lipinski definition) is 1. The van der Waals surface area contributed by atoms with Crippen LogP contribution in [0.2, 0.25) is 0 Å². The summed E-state index contributed by atoms with van der Waals surface area (Å²) < 4.78 is -0.968. The SMILES string of the molecule is O=C([O-])CCCCCCC/C=C\CCCCCCCC[N+]1(O)C(=O)CCC1=O. The van der Waals surface area contributed by atoms with E-state index in [0.29, 0.717) is 6.42 Å². The van der Waals surface area contributed by atoms with Crippen LogP contribution in [0.1, 0.15) is 103 Å². The van der Waals surface area contributed by atoms with E-state index in [-0.39, 0.29) is 37.6 Å². The van der Waals surface area contributed by atoms with E-state index in [1.807, 2.05) is 0 Å². The van der Waals surface area contributed by atoms with Gasteiger partial charge in [0, 0.05) is 12.4 Å². The molecule has 0 aromatic carbocycles. The van der Waals surface area contributed by atoms with Crippen molar-refractivity contribution in [2.24, 2.45) is 0 Å². The van der Waals surface area contributed by atoms with Gasteiger partial charge in [0.25, 0.3) is 0 Å². The second kappa shape index (κ2) is 14.5. The van der Waals surface area contributed by atoms with Crippen molar-refractivity contribution < 1.29 is 29.3 Å². The van der Waals surface area contributed by atoms with Gasteiger partial charge < -0.3 is 9.90 Å². The van der Waals surface area contributed by atoms with Gasteiger partial charge in [0.1, 0.15) is 6.54 Å². The van der Waals surface area contributed by atoms with E-state index in [9.17, 15) is 24.7 Å². The Balaban J connectivity index is 1.84. The topological polar surface area (TPSA) is 94.5 Å². The Labute approximate surface area is 169 Å². The molecule has 2 amide bonds. The van der Waals surface area contributed by atoms with E-state index in [1.165, 1.54) is 12.8 Å². The Morgan fingerprint density at radius 1 is 0.786 bits per heavy atom. The van der Waals surface area contributed by atoms with Gasteiger partial charge in [-0.15, -0.1) is 0 Å². The lowest BCUT2D eigenvalue weighted by Gasteiger charge is -2.18. The number of hydroxylamine groups is 3. The Morgan fingerprint density at radius 2 is 1.21 bits per heavy atom. The summed E-state index contributed by atoms with van der Waals surface area (Å²) in [6, 6.07) is 0. The predicted octanol–water partition coefficient (Wildman–Crippen LogP) is 3.81. The van der Waals surface area contributed by atoms with Crippen LogP contribution in [0.3, 0.4) is 0 Å². The Hall–Kier alpha value is -1.53. The molecule has 1 aliphatic heterocycles. The smallest absolute Gasteiger partial charge is 0.353 e. The zero-order valence-corrected chi connectivity index (χ0v) is 17.2. The maximum absolute atomic E-state index is 11.6. The third-order valence-corrected chi connectivity index (χ3v) is 5.40. The van der Waals surface area contributed by atoms with Crippen molar-refractivity contribution in [3.63, 3.8) is 0 Å². The first-order valence-corrected chi connectivity index (χ1v) is 11.0. The minimum atomic E-state index is -0.968. The van der Waals surface area contributed by atoms with Gasteiger partial charge in [0.15, 0.2) is 0 Å². The molecule has 0 atom stereocenters. The minimum Gasteiger partial charge on any atom is -0.550 e. The number of likely N-dealkylation sites (tertiary alicyclic amines) is 1. The molecule has 1 heterocycles. The number of carbonyl (C=O) groups excluding carboxylic acids is 3. The molecule has 0 aliphatic carbocycles. The number of hydrogen-bond acceptors (Lipinski definition) is 5. The molecule has 0 aromatic heterocycles. The maximum atomic E-state index is 11.6. The molecule has 0 saturated carbocycles. The van der Waals surface area contributed by atoms with E-state index in [4.69, 9.17) is 0 Å². The molecule has 1 aliphatic rings. The fraction of sp³-hybridized carbons (Fsp3) is 0.773. The number of unbranched alkanes of at least 4 members (excludes halogenated alkanes) is 11. The van der Waals surface area contributed by atoms with Crippen LogP contribution >= 0.6 is 0 Å². The lowest BCUT2D eigenvalue weighted by molar-refractivity contribution is -0.971. The monoisotopic (exact) mass is 395 g/mol. The number of amides is 2. The molecule has 0 bridgehead atoms. The van der Waals surface area contributed by atoms with E-state index in [0.717, 1.165) is 64.2 Å². The van der Waals surface area contributed by atoms with Crippen LogP contribution in [0.25, 0.3) is 0 Å². The van der Waals surface area contributed by atoms with Crippen molar-refractivity contribution in [3.05, 3.63) is 12.2 Å². The van der Waals surface area contributed by atoms with Crippen LogP contribution in [0, 0.1) is 0 Å². The molecule has 160 valence electrons. The van der Waals surface area contributed by atoms with Crippen molar-refractivity contribution in [3.8, 4) is 0 Å². The van der Waals surface area contributed by atoms with Crippen molar-refractivity contribution in [2.45, 2.75) is 103 Å². The van der Waals surface area contributed by atoms with Crippen LogP contribution in [0.5, 0.6) is 0 Å². The number of imide groups is 1. The van der Waals surface area contributed by atoms with Crippen molar-refractivity contribution in [1.29, 1.82) is 0 Å². The Bertz CT molecular complexity index is 499. The second-order valence-corrected chi connectivity index (χ2v) is 7.84. The summed E-state index contributed by atoms with van der Waals surface area (Å²) >= 11 is 0. The normalized spacial score (nSPS) is 16.3. The summed E-state index contributed by atoms with van der Waals surface area (Å²) in [5.41, 5.74) is 0. The van der Waals surface area contributed by atoms with E-state index < -0.39 is 10.6 Å². The number of nitrogens with zero attached hydrogens (tertiary/aromatic N) is 1. The summed E-state index contributed by atoms with van der Waals surface area (Å²) in [7, 11) is 0. The Morgan fingerprint density at radius 3 is 1.71 bits per heavy atom. The number of quaternary nitrogens is 1. The maximum Gasteiger partial charge on any atom is 0.353 e. The molecule has 28 heavy (non-hydrogen) atoms. The first-order valence-electron chi connectivity index (χ1n) is 11.0. The fourth-order valence-corrected chi connectivity index (χ4v) is 3.58. The summed E-state index contributed by atoms with van der Waals surface area (Å²) in [4.78, 5) is 33.5. The van der Waals surface area contributed by atoms with E-state index >= 15 is 0 Å². The second-order valence-electron chi connectivity index (χ2n) is 7.84. The molecule has 6 nitrogen and oxygen atoms in total. The number of allylic oxidation sites excluding steroid dienone is 2. The van der Waals surface area contributed by atoms with Crippen LogP contribution < -0.4 is 5.11 Å². The van der Waals surface area contributed by atoms with Crippen molar-refractivity contribution in [1.82, 2.24) is 0 Å². The summed E-state index contributed by atoms with van der Waals surface area (Å²) in [5, 5.41) is 20.3. The lowest BCUT2D eigenvalue weighted by atomic mass is 10.1. The fourth-order valence-electron chi connectivity index (χ4n) is 3.58. The number of carboxylic acids is 1. The van der Waals surface area contributed by atoms with Gasteiger partial charge in [-0.1, -0.05) is 55.3 Å². The Kier molecular flexibility index (Phi) is 12.7. The highest BCUT2D eigenvalue weighted by molar-refractivity contribution is 5.90. The summed E-state index contributed by atoms with van der Waals surface area (Å²) in [6.45, 7) is 0.233. The largest absolute Gasteiger partial charge is 0.550 e. The van der Waals surface area contributed by atoms with E-state index in [1.54, 1.807) is 0 Å². The highest BCUT2D eigenvalue weighted by atomic mass is 16.6. The highest BCUT2D eigenvalue weighted by Crippen LogP contribution is 2.21. The minimum absolute atomic E-state index is 0.174. The quantitative estimate of drug-likeness (QED) is 0.133. The number of aliphatic carboxylic acids is 1. The van der Waals surface area contributed by atoms with Crippen LogP contribution in [0.4, 0.5) is 0 Å². The van der Waals surface area contributed by atoms with Crippen LogP contribution in [-0.2, 0) is 14.4 Å². The molecular weight excluding hydrogens is 358 g/mol. The van der Waals surface area contributed by atoms with Crippen molar-refractivity contribution in [2.75, 3.05) is 6.54 Å². The van der Waals surface area contributed by atoms with Gasteiger partial charge in [-0.25, -0.2) is 14.8 Å². The van der Waals surface area contributed by atoms with Gasteiger partial charge in [-0.05, 0) is 44.9 Å². The number of carboxylic acid groups (broad SMARTS) is 1. The average Bonchev–Trinajstić information content (AvgIpc) is 2.91. The third kappa shape index (κ3) is 10.1. The molecule has 0 radical (unpaired) electrons. The zero-order chi connectivity index (χ0) is 20.7. The molecule has 0 unspecified atom stereocenters. The molecule has 1 rings (SSSR count). The third-order valence-electron chi connectivity index (χ3n) is 5.40. The summed E-state index contributed by atoms with van der Waals surface area (Å²) in [5.74, 6) is -1.65. The van der Waals surface area contributed by atoms with Gasteiger partial charge in [-0.3, -0.25) is 0 Å². The average molecular weight is 396 g/mol. The van der Waals surface area contributed by atoms with E-state index in [2.05, 4.69) is 12.2 Å². The van der Waals surface area contributed by atoms with Crippen LogP contribution in [0.15, 0.2) is 12.2 Å². The molecule has 1 fully saturated rings. The predicted molar refractivity (Wildman–Crippen MR) is 105 cm³/mol. The zero-order valence-electron chi connectivity index (χ0n) is 17.2.